The average Bonchev–Trinajstić information content (AvgIpc) is 2.78. The summed E-state index contributed by atoms with van der Waals surface area (Å²) in [6.45, 7) is 2.63. The van der Waals surface area contributed by atoms with Crippen LogP contribution in [0.1, 0.15) is 6.92 Å². The third kappa shape index (κ3) is 2.27. The first kappa shape index (κ1) is 11.2. The molecule has 0 saturated carbocycles. The molecular formula is C10H13N5O2. The molecule has 90 valence electrons. The quantitative estimate of drug-likeness (QED) is 0.660. The van der Waals surface area contributed by atoms with E-state index in [0.29, 0.717) is 29.0 Å². The second kappa shape index (κ2) is 4.69. The van der Waals surface area contributed by atoms with Crippen LogP contribution < -0.4 is 16.4 Å². The second-order valence-corrected chi connectivity index (χ2v) is 3.47. The van der Waals surface area contributed by atoms with Crippen molar-refractivity contribution in [2.24, 2.45) is 0 Å². The smallest absolute Gasteiger partial charge is 0.239 e. The number of carbonyl (C=O) groups is 1. The number of aromatic nitrogens is 2. The van der Waals surface area contributed by atoms with Crippen LogP contribution in [0.5, 0.6) is 0 Å². The van der Waals surface area contributed by atoms with E-state index in [0.717, 1.165) is 0 Å². The minimum Gasteiger partial charge on any atom is -0.397 e. The Kier molecular flexibility index (Phi) is 3.08. The van der Waals surface area contributed by atoms with Crippen LogP contribution in [0.3, 0.4) is 0 Å². The number of benzene rings is 1. The van der Waals surface area contributed by atoms with E-state index in [1.165, 1.54) is 0 Å². The van der Waals surface area contributed by atoms with Crippen molar-refractivity contribution in [3.8, 4) is 0 Å². The molecular weight excluding hydrogens is 222 g/mol. The first-order valence-corrected chi connectivity index (χ1v) is 5.23. The van der Waals surface area contributed by atoms with Crippen LogP contribution in [-0.4, -0.2) is 29.3 Å². The number of nitrogens with zero attached hydrogens (tertiary/aromatic N) is 2. The van der Waals surface area contributed by atoms with Crippen LogP contribution in [-0.2, 0) is 4.79 Å². The number of fused-ring (bicyclic) bond motifs is 1. The number of hydrogen-bond acceptors (Lipinski definition) is 6. The second-order valence-electron chi connectivity index (χ2n) is 3.47. The summed E-state index contributed by atoms with van der Waals surface area (Å²) in [7, 11) is 0. The molecule has 7 heteroatoms. The fraction of sp³-hybridized carbons (Fsp3) is 0.300. The van der Waals surface area contributed by atoms with Crippen molar-refractivity contribution in [2.75, 3.05) is 24.1 Å². The van der Waals surface area contributed by atoms with E-state index >= 15 is 0 Å². The maximum absolute atomic E-state index is 11.3. The highest BCUT2D eigenvalue weighted by Crippen LogP contribution is 2.24. The van der Waals surface area contributed by atoms with Crippen LogP contribution in [0.2, 0.25) is 0 Å². The summed E-state index contributed by atoms with van der Waals surface area (Å²) >= 11 is 0. The number of hydrogen-bond donors (Lipinski definition) is 3. The first-order chi connectivity index (χ1) is 8.22. The summed E-state index contributed by atoms with van der Waals surface area (Å²) in [6, 6.07) is 3.42. The van der Waals surface area contributed by atoms with Crippen LogP contribution in [0.4, 0.5) is 11.4 Å². The molecule has 4 N–H and O–H groups in total. The van der Waals surface area contributed by atoms with Gasteiger partial charge >= 0.3 is 0 Å². The number of nitrogen functional groups attached to an aromatic ring is 1. The average molecular weight is 235 g/mol. The summed E-state index contributed by atoms with van der Waals surface area (Å²) in [4.78, 5) is 11.3. The minimum absolute atomic E-state index is 0.0890. The summed E-state index contributed by atoms with van der Waals surface area (Å²) in [6.07, 6.45) is 0. The van der Waals surface area contributed by atoms with E-state index in [2.05, 4.69) is 25.6 Å². The van der Waals surface area contributed by atoms with Crippen LogP contribution in [0, 0.1) is 0 Å². The number of likely N-dealkylation sites (N-methyl/N-ethyl adjacent to an activating group) is 1. The maximum atomic E-state index is 11.3. The van der Waals surface area contributed by atoms with Crippen LogP contribution in [0.25, 0.3) is 11.0 Å². The van der Waals surface area contributed by atoms with Gasteiger partial charge < -0.3 is 16.4 Å². The molecule has 1 heterocycles. The van der Waals surface area contributed by atoms with Gasteiger partial charge in [0.1, 0.15) is 0 Å². The lowest BCUT2D eigenvalue weighted by molar-refractivity contribution is -0.119. The normalized spacial score (nSPS) is 10.4. The van der Waals surface area contributed by atoms with Crippen molar-refractivity contribution in [1.82, 2.24) is 15.6 Å². The summed E-state index contributed by atoms with van der Waals surface area (Å²) < 4.78 is 4.62. The van der Waals surface area contributed by atoms with Crippen molar-refractivity contribution in [2.45, 2.75) is 6.92 Å². The van der Waals surface area contributed by atoms with Gasteiger partial charge in [-0.15, -0.1) is 0 Å². The Balaban J connectivity index is 2.16. The fourth-order valence-corrected chi connectivity index (χ4v) is 1.46. The Morgan fingerprint density at radius 2 is 2.18 bits per heavy atom. The molecule has 0 aliphatic heterocycles. The topological polar surface area (TPSA) is 106 Å². The van der Waals surface area contributed by atoms with E-state index in [-0.39, 0.29) is 12.5 Å². The molecule has 17 heavy (non-hydrogen) atoms. The molecule has 0 fully saturated rings. The highest BCUT2D eigenvalue weighted by atomic mass is 16.6. The molecule has 2 aromatic rings. The Labute approximate surface area is 97.3 Å². The van der Waals surface area contributed by atoms with E-state index in [9.17, 15) is 4.79 Å². The third-order valence-electron chi connectivity index (χ3n) is 2.26. The number of nitrogens with one attached hydrogen (secondary N) is 2. The van der Waals surface area contributed by atoms with Gasteiger partial charge in [-0.2, -0.15) is 0 Å². The summed E-state index contributed by atoms with van der Waals surface area (Å²) in [5, 5.41) is 13.1. The van der Waals surface area contributed by atoms with Gasteiger partial charge in [0.15, 0.2) is 11.0 Å². The van der Waals surface area contributed by atoms with Crippen molar-refractivity contribution in [3.63, 3.8) is 0 Å². The first-order valence-electron chi connectivity index (χ1n) is 5.23. The van der Waals surface area contributed by atoms with Gasteiger partial charge in [-0.1, -0.05) is 0 Å². The van der Waals surface area contributed by atoms with E-state index in [1.807, 2.05) is 6.92 Å². The van der Waals surface area contributed by atoms with Gasteiger partial charge in [-0.05, 0) is 29.4 Å². The van der Waals surface area contributed by atoms with Crippen LogP contribution in [0.15, 0.2) is 16.8 Å². The van der Waals surface area contributed by atoms with E-state index < -0.39 is 0 Å². The molecule has 1 amide bonds. The molecule has 0 atom stereocenters. The van der Waals surface area contributed by atoms with Gasteiger partial charge in [0, 0.05) is 6.54 Å². The Hall–Kier alpha value is -2.31. The largest absolute Gasteiger partial charge is 0.397 e. The Bertz CT molecular complexity index is 536. The zero-order chi connectivity index (χ0) is 12.3. The van der Waals surface area contributed by atoms with Gasteiger partial charge in [0.2, 0.25) is 5.91 Å². The standard InChI is InChI=1S/C10H13N5O2/c1-2-12-8(16)5-13-7-4-3-6(11)9-10(7)15-17-14-9/h3-4,13H,2,5,11H2,1H3,(H,12,16). The SMILES string of the molecule is CCNC(=O)CNc1ccc(N)c2nonc12. The third-order valence-corrected chi connectivity index (χ3v) is 2.26. The zero-order valence-corrected chi connectivity index (χ0v) is 9.36. The molecule has 0 radical (unpaired) electrons. The molecule has 0 aliphatic rings. The Morgan fingerprint density at radius 1 is 1.41 bits per heavy atom. The lowest BCUT2D eigenvalue weighted by Gasteiger charge is -2.06. The zero-order valence-electron chi connectivity index (χ0n) is 9.36. The monoisotopic (exact) mass is 235 g/mol. The lowest BCUT2D eigenvalue weighted by atomic mass is 10.2. The molecule has 0 saturated heterocycles. The van der Waals surface area contributed by atoms with E-state index in [1.54, 1.807) is 12.1 Å². The number of rotatable bonds is 4. The number of carbonyl (C=O) groups excluding carboxylic acids is 1. The molecule has 0 unspecified atom stereocenters. The van der Waals surface area contributed by atoms with Crippen molar-refractivity contribution in [1.29, 1.82) is 0 Å². The summed E-state index contributed by atoms with van der Waals surface area (Å²) in [5.41, 5.74) is 7.88. The van der Waals surface area contributed by atoms with E-state index in [4.69, 9.17) is 5.73 Å². The number of anilines is 2. The molecule has 2 rings (SSSR count). The fourth-order valence-electron chi connectivity index (χ4n) is 1.46. The van der Waals surface area contributed by atoms with Crippen LogP contribution >= 0.6 is 0 Å². The highest BCUT2D eigenvalue weighted by molar-refractivity contribution is 5.96. The molecule has 0 aliphatic carbocycles. The van der Waals surface area contributed by atoms with Crippen molar-refractivity contribution >= 4 is 28.3 Å². The summed E-state index contributed by atoms with van der Waals surface area (Å²) in [5.74, 6) is -0.0890. The number of amides is 1. The molecule has 0 bridgehead atoms. The molecule has 0 spiro atoms. The number of nitrogens with two attached hydrogens (primary N) is 1. The molecule has 1 aromatic carbocycles. The van der Waals surface area contributed by atoms with Crippen molar-refractivity contribution < 1.29 is 9.42 Å². The van der Waals surface area contributed by atoms with Gasteiger partial charge in [-0.25, -0.2) is 4.63 Å². The van der Waals surface area contributed by atoms with Crippen molar-refractivity contribution in [3.05, 3.63) is 12.1 Å². The molecule has 1 aromatic heterocycles. The molecule has 7 nitrogen and oxygen atoms in total. The van der Waals surface area contributed by atoms with Gasteiger partial charge in [0.25, 0.3) is 0 Å². The Morgan fingerprint density at radius 3 is 2.94 bits per heavy atom. The minimum atomic E-state index is -0.0890. The lowest BCUT2D eigenvalue weighted by Crippen LogP contribution is -2.29. The maximum Gasteiger partial charge on any atom is 0.239 e. The van der Waals surface area contributed by atoms with Gasteiger partial charge in [-0.3, -0.25) is 4.79 Å². The predicted molar refractivity (Wildman–Crippen MR) is 63.4 cm³/mol. The predicted octanol–water partition coefficient (Wildman–Crippen LogP) is 0.353. The highest BCUT2D eigenvalue weighted by Gasteiger charge is 2.10. The van der Waals surface area contributed by atoms with Gasteiger partial charge in [0.05, 0.1) is 17.9 Å².